The smallest absolute Gasteiger partial charge is 0.294 e. The Morgan fingerprint density at radius 3 is 2.43 bits per heavy atom. The molecule has 0 aliphatic heterocycles. The Morgan fingerprint density at radius 2 is 1.83 bits per heavy atom. The fourth-order valence-electron chi connectivity index (χ4n) is 1.75. The normalized spacial score (nSPS) is 11.4. The minimum atomic E-state index is -4.29. The monoisotopic (exact) mass is 335 g/mol. The van der Waals surface area contributed by atoms with Gasteiger partial charge in [-0.1, -0.05) is 6.07 Å². The summed E-state index contributed by atoms with van der Waals surface area (Å²) < 4.78 is 36.3. The minimum Gasteiger partial charge on any atom is -0.494 e. The summed E-state index contributed by atoms with van der Waals surface area (Å²) in [7, 11) is -2.85. The molecule has 2 rings (SSSR count). The highest BCUT2D eigenvalue weighted by atomic mass is 32.2. The second kappa shape index (κ2) is 6.99. The van der Waals surface area contributed by atoms with Crippen LogP contribution in [0.3, 0.4) is 0 Å². The molecule has 9 heteroatoms. The van der Waals surface area contributed by atoms with Crippen molar-refractivity contribution in [3.05, 3.63) is 42.5 Å². The number of azo groups is 1. The summed E-state index contributed by atoms with van der Waals surface area (Å²) in [6.07, 6.45) is 0.528. The molecule has 2 aromatic rings. The number of rotatable bonds is 6. The molecule has 8 nitrogen and oxygen atoms in total. The highest BCUT2D eigenvalue weighted by Crippen LogP contribution is 2.30. The first kappa shape index (κ1) is 16.6. The van der Waals surface area contributed by atoms with Crippen LogP contribution in [0.25, 0.3) is 0 Å². The quantitative estimate of drug-likeness (QED) is 0.478. The summed E-state index contributed by atoms with van der Waals surface area (Å²) in [5, 5.41) is 10.3. The zero-order chi connectivity index (χ0) is 16.9. The van der Waals surface area contributed by atoms with E-state index in [1.807, 2.05) is 0 Å². The summed E-state index contributed by atoms with van der Waals surface area (Å²) in [6.45, 7) is 0. The summed E-state index contributed by atoms with van der Waals surface area (Å²) in [5.74, 6) is 0.403. The summed E-state index contributed by atoms with van der Waals surface area (Å²) in [5.41, 5.74) is 1.18. The molecule has 0 atom stereocenters. The average molecular weight is 335 g/mol. The Hall–Kier alpha value is -2.78. The van der Waals surface area contributed by atoms with Crippen LogP contribution in [0.2, 0.25) is 0 Å². The first-order valence-corrected chi connectivity index (χ1v) is 7.75. The number of nitrogens with zero attached hydrogens (tertiary/aromatic N) is 2. The van der Waals surface area contributed by atoms with Gasteiger partial charge in [0.1, 0.15) is 5.75 Å². The van der Waals surface area contributed by atoms with E-state index >= 15 is 0 Å². The Balaban J connectivity index is 2.28. The molecule has 2 aromatic carbocycles. The maximum absolute atomic E-state index is 11.1. The lowest BCUT2D eigenvalue weighted by atomic mass is 10.2. The Bertz CT molecular complexity index is 849. The largest absolute Gasteiger partial charge is 0.494 e. The summed E-state index contributed by atoms with van der Waals surface area (Å²) >= 11 is 0. The van der Waals surface area contributed by atoms with Crippen LogP contribution >= 0.6 is 0 Å². The topological polar surface area (TPSA) is 117 Å². The van der Waals surface area contributed by atoms with E-state index in [2.05, 4.69) is 15.5 Å². The molecular weight excluding hydrogens is 322 g/mol. The first-order chi connectivity index (χ1) is 10.9. The van der Waals surface area contributed by atoms with Crippen LogP contribution in [0.5, 0.6) is 5.75 Å². The molecule has 0 bridgehead atoms. The third-order valence-corrected chi connectivity index (χ3v) is 3.65. The van der Waals surface area contributed by atoms with Gasteiger partial charge < -0.3 is 10.1 Å². The molecule has 0 saturated heterocycles. The third-order valence-electron chi connectivity index (χ3n) is 2.80. The van der Waals surface area contributed by atoms with Crippen LogP contribution < -0.4 is 10.1 Å². The van der Waals surface area contributed by atoms with Crippen molar-refractivity contribution >= 4 is 33.6 Å². The predicted molar refractivity (Wildman–Crippen MR) is 83.1 cm³/mol. The van der Waals surface area contributed by atoms with Crippen molar-refractivity contribution in [3.8, 4) is 5.75 Å². The van der Waals surface area contributed by atoms with Crippen molar-refractivity contribution in [3.63, 3.8) is 0 Å². The molecule has 0 unspecified atom stereocenters. The van der Waals surface area contributed by atoms with E-state index in [9.17, 15) is 13.2 Å². The van der Waals surface area contributed by atoms with Crippen molar-refractivity contribution in [1.29, 1.82) is 0 Å². The van der Waals surface area contributed by atoms with Gasteiger partial charge in [-0.05, 0) is 30.3 Å². The standard InChI is InChI=1S/C14H13N3O5S/c1-22-14-8-11(5-6-13(14)15-9-18)17-16-10-3-2-4-12(7-10)23(19,20)21/h2-9H,1H3,(H,15,18)(H,19,20,21). The van der Waals surface area contributed by atoms with Crippen molar-refractivity contribution in [1.82, 2.24) is 0 Å². The zero-order valence-electron chi connectivity index (χ0n) is 12.0. The number of methoxy groups -OCH3 is 1. The lowest BCUT2D eigenvalue weighted by Gasteiger charge is -2.07. The highest BCUT2D eigenvalue weighted by molar-refractivity contribution is 7.85. The number of hydrogen-bond donors (Lipinski definition) is 2. The molecule has 120 valence electrons. The van der Waals surface area contributed by atoms with Crippen LogP contribution in [0.15, 0.2) is 57.6 Å². The van der Waals surface area contributed by atoms with Gasteiger partial charge >= 0.3 is 0 Å². The molecule has 0 fully saturated rings. The Labute approximate surface area is 132 Å². The third kappa shape index (κ3) is 4.34. The van der Waals surface area contributed by atoms with Crippen LogP contribution in [0.1, 0.15) is 0 Å². The van der Waals surface area contributed by atoms with E-state index in [4.69, 9.17) is 9.29 Å². The number of nitrogens with one attached hydrogen (secondary N) is 1. The van der Waals surface area contributed by atoms with Gasteiger partial charge in [0.25, 0.3) is 10.1 Å². The van der Waals surface area contributed by atoms with E-state index in [0.717, 1.165) is 0 Å². The number of carbonyl (C=O) groups excluding carboxylic acids is 1. The van der Waals surface area contributed by atoms with Gasteiger partial charge in [-0.2, -0.15) is 18.6 Å². The number of benzene rings is 2. The molecule has 0 aliphatic carbocycles. The fourth-order valence-corrected chi connectivity index (χ4v) is 2.27. The molecule has 0 heterocycles. The second-order valence-electron chi connectivity index (χ2n) is 4.32. The van der Waals surface area contributed by atoms with Gasteiger partial charge in [-0.3, -0.25) is 9.35 Å². The highest BCUT2D eigenvalue weighted by Gasteiger charge is 2.09. The molecule has 0 spiro atoms. The Kier molecular flexibility index (Phi) is 5.04. The average Bonchev–Trinajstić information content (AvgIpc) is 2.53. The number of carbonyl (C=O) groups is 1. The molecule has 0 aliphatic rings. The minimum absolute atomic E-state index is 0.259. The lowest BCUT2D eigenvalue weighted by molar-refractivity contribution is -0.105. The molecule has 23 heavy (non-hydrogen) atoms. The SMILES string of the molecule is COc1cc(N=Nc2cccc(S(=O)(=O)O)c2)ccc1NC=O. The van der Waals surface area contributed by atoms with Crippen molar-refractivity contribution in [2.24, 2.45) is 10.2 Å². The fraction of sp³-hybridized carbons (Fsp3) is 0.0714. The first-order valence-electron chi connectivity index (χ1n) is 6.31. The number of anilines is 1. The molecule has 0 aromatic heterocycles. The molecule has 1 amide bonds. The molecule has 0 radical (unpaired) electrons. The number of ether oxygens (including phenoxy) is 1. The van der Waals surface area contributed by atoms with Crippen LogP contribution in [-0.2, 0) is 14.9 Å². The van der Waals surface area contributed by atoms with Crippen LogP contribution in [0, 0.1) is 0 Å². The van der Waals surface area contributed by atoms with Crippen molar-refractivity contribution < 1.29 is 22.5 Å². The van der Waals surface area contributed by atoms with E-state index in [1.54, 1.807) is 18.2 Å². The Morgan fingerprint density at radius 1 is 1.13 bits per heavy atom. The zero-order valence-corrected chi connectivity index (χ0v) is 12.8. The summed E-state index contributed by atoms with van der Waals surface area (Å²) in [6, 6.07) is 10.2. The van der Waals surface area contributed by atoms with E-state index in [0.29, 0.717) is 23.5 Å². The maximum atomic E-state index is 11.1. The molecular formula is C14H13N3O5S. The van der Waals surface area contributed by atoms with E-state index < -0.39 is 10.1 Å². The van der Waals surface area contributed by atoms with Gasteiger partial charge in [0, 0.05) is 6.07 Å². The lowest BCUT2D eigenvalue weighted by Crippen LogP contribution is -1.96. The molecule has 0 saturated carbocycles. The maximum Gasteiger partial charge on any atom is 0.294 e. The number of hydrogen-bond acceptors (Lipinski definition) is 6. The van der Waals surface area contributed by atoms with Gasteiger partial charge in [-0.25, -0.2) is 0 Å². The number of amides is 1. The molecule has 2 N–H and O–H groups in total. The predicted octanol–water partition coefficient (Wildman–Crippen LogP) is 2.93. The second-order valence-corrected chi connectivity index (χ2v) is 5.74. The van der Waals surface area contributed by atoms with Crippen LogP contribution in [0.4, 0.5) is 17.1 Å². The summed E-state index contributed by atoms with van der Waals surface area (Å²) in [4.78, 5) is 10.2. The van der Waals surface area contributed by atoms with E-state index in [-0.39, 0.29) is 10.6 Å². The van der Waals surface area contributed by atoms with Crippen molar-refractivity contribution in [2.75, 3.05) is 12.4 Å². The van der Waals surface area contributed by atoms with Gasteiger partial charge in [0.15, 0.2) is 0 Å². The van der Waals surface area contributed by atoms with Gasteiger partial charge in [0.2, 0.25) is 6.41 Å². The van der Waals surface area contributed by atoms with E-state index in [1.165, 1.54) is 31.4 Å². The van der Waals surface area contributed by atoms with Crippen molar-refractivity contribution in [2.45, 2.75) is 4.90 Å². The van der Waals surface area contributed by atoms with Gasteiger partial charge in [0.05, 0.1) is 29.1 Å². The van der Waals surface area contributed by atoms with Crippen LogP contribution in [-0.4, -0.2) is 26.5 Å². The van der Waals surface area contributed by atoms with Gasteiger partial charge in [-0.15, -0.1) is 0 Å².